The van der Waals surface area contributed by atoms with E-state index in [1.807, 2.05) is 12.1 Å². The van der Waals surface area contributed by atoms with Crippen LogP contribution in [0.5, 0.6) is 0 Å². The van der Waals surface area contributed by atoms with Crippen molar-refractivity contribution in [1.82, 2.24) is 4.90 Å². The molecule has 1 atom stereocenters. The van der Waals surface area contributed by atoms with Gasteiger partial charge in [-0.15, -0.1) is 24.0 Å². The van der Waals surface area contributed by atoms with E-state index < -0.39 is 0 Å². The minimum Gasteiger partial charge on any atom is -0.370 e. The summed E-state index contributed by atoms with van der Waals surface area (Å²) in [6.07, 6.45) is 4.01. The van der Waals surface area contributed by atoms with Gasteiger partial charge < -0.3 is 11.1 Å². The standard InChI is InChI=1S/C22H30N4.HI/c1-17-6-5-8-21(14-17)25-22(23)24-15-19-9-11-20(12-10-19)16-26-13-4-3-7-18(26)2;/h5-6,8-12,14,18H,3-4,7,13,15-16H2,1-2H3,(H3,23,24,25);1H. The molecule has 2 aromatic carbocycles. The van der Waals surface area contributed by atoms with Crippen LogP contribution in [0.25, 0.3) is 0 Å². The molecule has 0 bridgehead atoms. The summed E-state index contributed by atoms with van der Waals surface area (Å²) in [5, 5.41) is 3.14. The SMILES string of the molecule is Cc1cccc(NC(N)=NCc2ccc(CN3CCCCC3C)cc2)c1.I. The van der Waals surface area contributed by atoms with Crippen LogP contribution < -0.4 is 11.1 Å². The number of rotatable bonds is 5. The summed E-state index contributed by atoms with van der Waals surface area (Å²) in [5.74, 6) is 0.446. The highest BCUT2D eigenvalue weighted by Gasteiger charge is 2.17. The summed E-state index contributed by atoms with van der Waals surface area (Å²) in [6.45, 7) is 7.25. The molecule has 0 aromatic heterocycles. The molecule has 1 fully saturated rings. The zero-order chi connectivity index (χ0) is 18.4. The highest BCUT2D eigenvalue weighted by atomic mass is 127. The molecule has 27 heavy (non-hydrogen) atoms. The van der Waals surface area contributed by atoms with Crippen LogP contribution in [0, 0.1) is 6.92 Å². The number of nitrogens with one attached hydrogen (secondary N) is 1. The Morgan fingerprint density at radius 1 is 1.15 bits per heavy atom. The molecule has 1 unspecified atom stereocenters. The molecule has 0 spiro atoms. The number of nitrogens with zero attached hydrogens (tertiary/aromatic N) is 2. The average molecular weight is 478 g/mol. The first-order chi connectivity index (χ1) is 12.6. The number of likely N-dealkylation sites (tertiary alicyclic amines) is 1. The first kappa shape index (κ1) is 21.7. The first-order valence-corrected chi connectivity index (χ1v) is 9.55. The average Bonchev–Trinajstić information content (AvgIpc) is 2.63. The minimum absolute atomic E-state index is 0. The third-order valence-electron chi connectivity index (χ3n) is 5.07. The predicted octanol–water partition coefficient (Wildman–Crippen LogP) is 4.91. The van der Waals surface area contributed by atoms with Gasteiger partial charge in [-0.25, -0.2) is 4.99 Å². The molecule has 3 rings (SSSR count). The van der Waals surface area contributed by atoms with E-state index in [2.05, 4.69) is 65.5 Å². The zero-order valence-electron chi connectivity index (χ0n) is 16.3. The molecule has 1 heterocycles. The van der Waals surface area contributed by atoms with Gasteiger partial charge in [-0.3, -0.25) is 4.90 Å². The van der Waals surface area contributed by atoms with Gasteiger partial charge in [-0.05, 0) is 62.1 Å². The zero-order valence-corrected chi connectivity index (χ0v) is 18.6. The first-order valence-electron chi connectivity index (χ1n) is 9.55. The monoisotopic (exact) mass is 478 g/mol. The van der Waals surface area contributed by atoms with Gasteiger partial charge in [0.05, 0.1) is 6.54 Å². The lowest BCUT2D eigenvalue weighted by molar-refractivity contribution is 0.152. The Labute approximate surface area is 180 Å². The number of hydrogen-bond acceptors (Lipinski definition) is 2. The second-order valence-corrected chi connectivity index (χ2v) is 7.33. The Morgan fingerprint density at radius 3 is 2.59 bits per heavy atom. The Balaban J connectivity index is 0.00000261. The number of anilines is 1. The molecule has 2 aromatic rings. The second kappa shape index (κ2) is 10.7. The van der Waals surface area contributed by atoms with Gasteiger partial charge in [0.1, 0.15) is 0 Å². The Hall–Kier alpha value is -1.60. The van der Waals surface area contributed by atoms with Crippen LogP contribution in [0.1, 0.15) is 42.9 Å². The fourth-order valence-electron chi connectivity index (χ4n) is 3.46. The summed E-state index contributed by atoms with van der Waals surface area (Å²) < 4.78 is 0. The topological polar surface area (TPSA) is 53.6 Å². The van der Waals surface area contributed by atoms with Crippen molar-refractivity contribution in [2.24, 2.45) is 10.7 Å². The van der Waals surface area contributed by atoms with Crippen molar-refractivity contribution in [3.63, 3.8) is 0 Å². The van der Waals surface area contributed by atoms with Gasteiger partial charge in [0.15, 0.2) is 5.96 Å². The van der Waals surface area contributed by atoms with E-state index in [0.29, 0.717) is 18.5 Å². The maximum atomic E-state index is 6.00. The molecule has 0 radical (unpaired) electrons. The Bertz CT molecular complexity index is 742. The van der Waals surface area contributed by atoms with E-state index in [-0.39, 0.29) is 24.0 Å². The van der Waals surface area contributed by atoms with Crippen molar-refractivity contribution in [2.75, 3.05) is 11.9 Å². The molecular formula is C22H31IN4. The number of benzene rings is 2. The highest BCUT2D eigenvalue weighted by molar-refractivity contribution is 14.0. The van der Waals surface area contributed by atoms with Crippen molar-refractivity contribution in [1.29, 1.82) is 0 Å². The van der Waals surface area contributed by atoms with Crippen LogP contribution in [0.4, 0.5) is 5.69 Å². The Morgan fingerprint density at radius 2 is 1.89 bits per heavy atom. The molecule has 146 valence electrons. The molecule has 1 saturated heterocycles. The summed E-state index contributed by atoms with van der Waals surface area (Å²) in [4.78, 5) is 7.03. The number of hydrogen-bond donors (Lipinski definition) is 2. The van der Waals surface area contributed by atoms with Crippen LogP contribution in [0.15, 0.2) is 53.5 Å². The fourth-order valence-corrected chi connectivity index (χ4v) is 3.46. The van der Waals surface area contributed by atoms with Crippen molar-refractivity contribution in [3.05, 3.63) is 65.2 Å². The van der Waals surface area contributed by atoms with E-state index in [0.717, 1.165) is 12.2 Å². The molecule has 1 aliphatic heterocycles. The lowest BCUT2D eigenvalue weighted by Gasteiger charge is -2.33. The molecule has 0 saturated carbocycles. The van der Waals surface area contributed by atoms with E-state index in [4.69, 9.17) is 5.73 Å². The normalized spacial score (nSPS) is 18.0. The number of aliphatic imine (C=N–C) groups is 1. The number of aryl methyl sites for hydroxylation is 1. The number of nitrogens with two attached hydrogens (primary N) is 1. The lowest BCUT2D eigenvalue weighted by Crippen LogP contribution is -2.36. The predicted molar refractivity (Wildman–Crippen MR) is 126 cm³/mol. The summed E-state index contributed by atoms with van der Waals surface area (Å²) in [7, 11) is 0. The van der Waals surface area contributed by atoms with E-state index in [1.165, 1.54) is 42.5 Å². The largest absolute Gasteiger partial charge is 0.370 e. The lowest BCUT2D eigenvalue weighted by atomic mass is 10.0. The second-order valence-electron chi connectivity index (χ2n) is 7.33. The molecule has 0 amide bonds. The van der Waals surface area contributed by atoms with Gasteiger partial charge >= 0.3 is 0 Å². The summed E-state index contributed by atoms with van der Waals surface area (Å²) >= 11 is 0. The number of piperidine rings is 1. The van der Waals surface area contributed by atoms with E-state index in [9.17, 15) is 0 Å². The highest BCUT2D eigenvalue weighted by Crippen LogP contribution is 2.19. The fraction of sp³-hybridized carbons (Fsp3) is 0.409. The molecule has 0 aliphatic carbocycles. The third-order valence-corrected chi connectivity index (χ3v) is 5.07. The van der Waals surface area contributed by atoms with Gasteiger partial charge in [0, 0.05) is 18.3 Å². The summed E-state index contributed by atoms with van der Waals surface area (Å²) in [6, 6.07) is 17.6. The quantitative estimate of drug-likeness (QED) is 0.365. The van der Waals surface area contributed by atoms with Crippen LogP contribution in [-0.4, -0.2) is 23.4 Å². The Kier molecular flexibility index (Phi) is 8.57. The molecular weight excluding hydrogens is 447 g/mol. The van der Waals surface area contributed by atoms with Gasteiger partial charge in [-0.1, -0.05) is 42.8 Å². The van der Waals surface area contributed by atoms with Crippen LogP contribution in [0.3, 0.4) is 0 Å². The summed E-state index contributed by atoms with van der Waals surface area (Å²) in [5.41, 5.74) is 10.7. The van der Waals surface area contributed by atoms with Crippen molar-refractivity contribution in [2.45, 2.75) is 52.2 Å². The van der Waals surface area contributed by atoms with Crippen molar-refractivity contribution < 1.29 is 0 Å². The van der Waals surface area contributed by atoms with E-state index in [1.54, 1.807) is 0 Å². The molecule has 1 aliphatic rings. The number of guanidine groups is 1. The third kappa shape index (κ3) is 6.81. The van der Waals surface area contributed by atoms with Gasteiger partial charge in [0.25, 0.3) is 0 Å². The van der Waals surface area contributed by atoms with Crippen molar-refractivity contribution in [3.8, 4) is 0 Å². The van der Waals surface area contributed by atoms with Crippen LogP contribution in [0.2, 0.25) is 0 Å². The molecule has 4 nitrogen and oxygen atoms in total. The molecule has 5 heteroatoms. The van der Waals surface area contributed by atoms with Crippen LogP contribution in [-0.2, 0) is 13.1 Å². The van der Waals surface area contributed by atoms with Gasteiger partial charge in [-0.2, -0.15) is 0 Å². The van der Waals surface area contributed by atoms with Gasteiger partial charge in [0.2, 0.25) is 0 Å². The maximum Gasteiger partial charge on any atom is 0.193 e. The molecule has 3 N–H and O–H groups in total. The number of halogens is 1. The van der Waals surface area contributed by atoms with E-state index >= 15 is 0 Å². The maximum absolute atomic E-state index is 6.00. The smallest absolute Gasteiger partial charge is 0.193 e. The minimum atomic E-state index is 0. The van der Waals surface area contributed by atoms with Crippen LogP contribution >= 0.6 is 24.0 Å². The van der Waals surface area contributed by atoms with Crippen molar-refractivity contribution >= 4 is 35.6 Å².